The van der Waals surface area contributed by atoms with Crippen LogP contribution in [0.15, 0.2) is 0 Å². The molecular formula is C13H26N2O. The van der Waals surface area contributed by atoms with Crippen LogP contribution in [0.5, 0.6) is 0 Å². The van der Waals surface area contributed by atoms with Crippen molar-refractivity contribution in [3.63, 3.8) is 0 Å². The zero-order valence-electron chi connectivity index (χ0n) is 10.8. The Balaban J connectivity index is 2.01. The number of carbonyl (C=O) groups is 1. The summed E-state index contributed by atoms with van der Waals surface area (Å²) in [7, 11) is 0. The first kappa shape index (κ1) is 13.3. The maximum Gasteiger partial charge on any atom is 0.317 e. The average molecular weight is 226 g/mol. The SMILES string of the molecule is CCCCCCC(C)CCN1CCNC1=O. The molecule has 1 rings (SSSR count). The van der Waals surface area contributed by atoms with Crippen LogP contribution in [0.3, 0.4) is 0 Å². The molecule has 1 heterocycles. The fourth-order valence-corrected chi connectivity index (χ4v) is 2.16. The van der Waals surface area contributed by atoms with Crippen molar-refractivity contribution in [3.05, 3.63) is 0 Å². The summed E-state index contributed by atoms with van der Waals surface area (Å²) < 4.78 is 0. The zero-order chi connectivity index (χ0) is 11.8. The lowest BCUT2D eigenvalue weighted by Gasteiger charge is -2.17. The average Bonchev–Trinajstić information content (AvgIpc) is 2.67. The van der Waals surface area contributed by atoms with Crippen LogP contribution < -0.4 is 5.32 Å². The van der Waals surface area contributed by atoms with Crippen LogP contribution in [-0.2, 0) is 0 Å². The fourth-order valence-electron chi connectivity index (χ4n) is 2.16. The number of rotatable bonds is 8. The van der Waals surface area contributed by atoms with E-state index in [0.29, 0.717) is 0 Å². The predicted octanol–water partition coefficient (Wildman–Crippen LogP) is 3.01. The number of hydrogen-bond acceptors (Lipinski definition) is 1. The highest BCUT2D eigenvalue weighted by Crippen LogP contribution is 2.14. The van der Waals surface area contributed by atoms with Gasteiger partial charge in [0.15, 0.2) is 0 Å². The minimum absolute atomic E-state index is 0.123. The summed E-state index contributed by atoms with van der Waals surface area (Å²) >= 11 is 0. The molecule has 0 saturated carbocycles. The molecule has 0 radical (unpaired) electrons. The molecular weight excluding hydrogens is 200 g/mol. The van der Waals surface area contributed by atoms with Gasteiger partial charge in [0.1, 0.15) is 0 Å². The molecule has 16 heavy (non-hydrogen) atoms. The topological polar surface area (TPSA) is 32.3 Å². The Morgan fingerprint density at radius 1 is 1.31 bits per heavy atom. The van der Waals surface area contributed by atoms with E-state index in [1.54, 1.807) is 0 Å². The molecule has 1 N–H and O–H groups in total. The molecule has 3 heteroatoms. The molecule has 0 aromatic heterocycles. The maximum absolute atomic E-state index is 11.3. The lowest BCUT2D eigenvalue weighted by atomic mass is 9.99. The molecule has 1 saturated heterocycles. The summed E-state index contributed by atoms with van der Waals surface area (Å²) in [4.78, 5) is 13.2. The second-order valence-electron chi connectivity index (χ2n) is 4.96. The highest BCUT2D eigenvalue weighted by Gasteiger charge is 2.19. The Bertz CT molecular complexity index is 206. The maximum atomic E-state index is 11.3. The van der Waals surface area contributed by atoms with E-state index >= 15 is 0 Å². The van der Waals surface area contributed by atoms with Crippen molar-refractivity contribution in [2.75, 3.05) is 19.6 Å². The van der Waals surface area contributed by atoms with Crippen LogP contribution in [0, 0.1) is 5.92 Å². The summed E-state index contributed by atoms with van der Waals surface area (Å²) in [6.07, 6.45) is 7.85. The van der Waals surface area contributed by atoms with Crippen LogP contribution in [-0.4, -0.2) is 30.6 Å². The molecule has 0 spiro atoms. The Morgan fingerprint density at radius 3 is 2.75 bits per heavy atom. The molecule has 1 aliphatic heterocycles. The predicted molar refractivity (Wildman–Crippen MR) is 67.5 cm³/mol. The van der Waals surface area contributed by atoms with Crippen molar-refractivity contribution in [2.24, 2.45) is 5.92 Å². The second-order valence-corrected chi connectivity index (χ2v) is 4.96. The molecule has 2 amide bonds. The summed E-state index contributed by atoms with van der Waals surface area (Å²) in [6.45, 7) is 7.20. The first-order valence-electron chi connectivity index (χ1n) is 6.76. The van der Waals surface area contributed by atoms with Crippen molar-refractivity contribution in [1.82, 2.24) is 10.2 Å². The normalized spacial score (nSPS) is 17.6. The van der Waals surface area contributed by atoms with E-state index in [1.165, 1.54) is 32.1 Å². The van der Waals surface area contributed by atoms with Crippen molar-refractivity contribution < 1.29 is 4.79 Å². The number of carbonyl (C=O) groups excluding carboxylic acids is 1. The van der Waals surface area contributed by atoms with Crippen molar-refractivity contribution in [1.29, 1.82) is 0 Å². The summed E-state index contributed by atoms with van der Waals surface area (Å²) in [5.74, 6) is 0.755. The van der Waals surface area contributed by atoms with E-state index in [4.69, 9.17) is 0 Å². The highest BCUT2D eigenvalue weighted by atomic mass is 16.2. The third-order valence-electron chi connectivity index (χ3n) is 3.39. The largest absolute Gasteiger partial charge is 0.336 e. The molecule has 1 atom stereocenters. The third-order valence-corrected chi connectivity index (χ3v) is 3.39. The van der Waals surface area contributed by atoms with Gasteiger partial charge in [-0.2, -0.15) is 0 Å². The van der Waals surface area contributed by atoms with Gasteiger partial charge in [-0.15, -0.1) is 0 Å². The van der Waals surface area contributed by atoms with E-state index in [0.717, 1.165) is 32.0 Å². The van der Waals surface area contributed by atoms with Gasteiger partial charge in [0.2, 0.25) is 0 Å². The summed E-state index contributed by atoms with van der Waals surface area (Å²) in [5.41, 5.74) is 0. The van der Waals surface area contributed by atoms with Gasteiger partial charge in [-0.05, 0) is 12.3 Å². The van der Waals surface area contributed by atoms with E-state index in [9.17, 15) is 4.79 Å². The van der Waals surface area contributed by atoms with E-state index in [-0.39, 0.29) is 6.03 Å². The lowest BCUT2D eigenvalue weighted by molar-refractivity contribution is 0.213. The third kappa shape index (κ3) is 4.86. The molecule has 1 unspecified atom stereocenters. The van der Waals surface area contributed by atoms with Crippen molar-refractivity contribution in [3.8, 4) is 0 Å². The standard InChI is InChI=1S/C13H26N2O/c1-3-4-5-6-7-12(2)8-10-15-11-9-14-13(15)16/h12H,3-11H2,1-2H3,(H,14,16). The molecule has 0 bridgehead atoms. The smallest absolute Gasteiger partial charge is 0.317 e. The monoisotopic (exact) mass is 226 g/mol. The Kier molecular flexibility index (Phi) is 6.27. The van der Waals surface area contributed by atoms with Crippen LogP contribution in [0.1, 0.15) is 52.4 Å². The number of unbranched alkanes of at least 4 members (excludes halogenated alkanes) is 3. The van der Waals surface area contributed by atoms with Gasteiger partial charge in [0, 0.05) is 19.6 Å². The van der Waals surface area contributed by atoms with Gasteiger partial charge in [-0.25, -0.2) is 4.79 Å². The van der Waals surface area contributed by atoms with Crippen molar-refractivity contribution in [2.45, 2.75) is 52.4 Å². The Morgan fingerprint density at radius 2 is 2.12 bits per heavy atom. The number of nitrogens with one attached hydrogen (secondary N) is 1. The van der Waals surface area contributed by atoms with Gasteiger partial charge < -0.3 is 10.2 Å². The minimum Gasteiger partial charge on any atom is -0.336 e. The van der Waals surface area contributed by atoms with Crippen LogP contribution in [0.2, 0.25) is 0 Å². The van der Waals surface area contributed by atoms with Crippen LogP contribution >= 0.6 is 0 Å². The zero-order valence-corrected chi connectivity index (χ0v) is 10.8. The van der Waals surface area contributed by atoms with Crippen LogP contribution in [0.25, 0.3) is 0 Å². The molecule has 3 nitrogen and oxygen atoms in total. The lowest BCUT2D eigenvalue weighted by Crippen LogP contribution is -2.29. The first-order valence-corrected chi connectivity index (χ1v) is 6.76. The number of amides is 2. The second kappa shape index (κ2) is 7.53. The van der Waals surface area contributed by atoms with E-state index in [1.807, 2.05) is 4.90 Å². The summed E-state index contributed by atoms with van der Waals surface area (Å²) in [6, 6.07) is 0.123. The molecule has 94 valence electrons. The minimum atomic E-state index is 0.123. The van der Waals surface area contributed by atoms with Gasteiger partial charge in [0.25, 0.3) is 0 Å². The summed E-state index contributed by atoms with van der Waals surface area (Å²) in [5, 5.41) is 2.84. The van der Waals surface area contributed by atoms with E-state index < -0.39 is 0 Å². The molecule has 0 aliphatic carbocycles. The molecule has 1 fully saturated rings. The van der Waals surface area contributed by atoms with Gasteiger partial charge >= 0.3 is 6.03 Å². The number of hydrogen-bond donors (Lipinski definition) is 1. The van der Waals surface area contributed by atoms with Gasteiger partial charge in [-0.3, -0.25) is 0 Å². The Hall–Kier alpha value is -0.730. The Labute approximate surface area is 99.6 Å². The highest BCUT2D eigenvalue weighted by molar-refractivity contribution is 5.76. The number of urea groups is 1. The first-order chi connectivity index (χ1) is 7.74. The molecule has 0 aromatic rings. The fraction of sp³-hybridized carbons (Fsp3) is 0.923. The van der Waals surface area contributed by atoms with E-state index in [2.05, 4.69) is 19.2 Å². The number of nitrogens with zero attached hydrogens (tertiary/aromatic N) is 1. The van der Waals surface area contributed by atoms with Gasteiger partial charge in [0.05, 0.1) is 0 Å². The quantitative estimate of drug-likeness (QED) is 0.634. The molecule has 1 aliphatic rings. The van der Waals surface area contributed by atoms with Crippen molar-refractivity contribution >= 4 is 6.03 Å². The van der Waals surface area contributed by atoms with Crippen LogP contribution in [0.4, 0.5) is 4.79 Å². The molecule has 0 aromatic carbocycles. The van der Waals surface area contributed by atoms with Gasteiger partial charge in [-0.1, -0.05) is 46.0 Å².